The molecule has 0 amide bonds. The Bertz CT molecular complexity index is 718. The molecule has 0 radical (unpaired) electrons. The third kappa shape index (κ3) is 2.28. The molecular formula is C17H17NO2. The molecule has 1 heterocycles. The second-order valence-corrected chi connectivity index (χ2v) is 4.69. The number of aromatic amines is 1. The molecule has 0 aliphatic carbocycles. The van der Waals surface area contributed by atoms with Crippen LogP contribution in [0.2, 0.25) is 0 Å². The van der Waals surface area contributed by atoms with Crippen molar-refractivity contribution in [2.24, 2.45) is 0 Å². The molecule has 0 aliphatic heterocycles. The van der Waals surface area contributed by atoms with Crippen molar-refractivity contribution < 1.29 is 9.84 Å². The summed E-state index contributed by atoms with van der Waals surface area (Å²) >= 11 is 0. The highest BCUT2D eigenvalue weighted by atomic mass is 16.5. The molecule has 20 heavy (non-hydrogen) atoms. The fourth-order valence-corrected chi connectivity index (χ4v) is 2.47. The highest BCUT2D eigenvalue weighted by molar-refractivity contribution is 5.83. The first-order valence-electron chi connectivity index (χ1n) is 6.76. The molecule has 3 nitrogen and oxygen atoms in total. The van der Waals surface area contributed by atoms with Crippen LogP contribution < -0.4 is 4.74 Å². The van der Waals surface area contributed by atoms with Crippen LogP contribution in [0.1, 0.15) is 24.2 Å². The molecule has 3 heteroatoms. The van der Waals surface area contributed by atoms with Crippen LogP contribution in [0.25, 0.3) is 10.9 Å². The summed E-state index contributed by atoms with van der Waals surface area (Å²) in [6, 6.07) is 15.5. The van der Waals surface area contributed by atoms with Crippen LogP contribution in [0.15, 0.2) is 54.7 Å². The molecular weight excluding hydrogens is 250 g/mol. The van der Waals surface area contributed by atoms with E-state index < -0.39 is 6.10 Å². The van der Waals surface area contributed by atoms with Gasteiger partial charge in [0.25, 0.3) is 0 Å². The van der Waals surface area contributed by atoms with Gasteiger partial charge in [0.15, 0.2) is 0 Å². The van der Waals surface area contributed by atoms with Crippen molar-refractivity contribution in [2.75, 3.05) is 6.61 Å². The number of aliphatic hydroxyl groups excluding tert-OH is 1. The van der Waals surface area contributed by atoms with Gasteiger partial charge in [0.05, 0.1) is 6.61 Å². The van der Waals surface area contributed by atoms with E-state index in [9.17, 15) is 5.11 Å². The molecule has 1 aromatic heterocycles. The van der Waals surface area contributed by atoms with Gasteiger partial charge in [-0.2, -0.15) is 0 Å². The summed E-state index contributed by atoms with van der Waals surface area (Å²) < 4.78 is 5.49. The lowest BCUT2D eigenvalue weighted by Gasteiger charge is -2.14. The Kier molecular flexibility index (Phi) is 3.44. The van der Waals surface area contributed by atoms with E-state index in [-0.39, 0.29) is 0 Å². The van der Waals surface area contributed by atoms with Crippen LogP contribution >= 0.6 is 0 Å². The molecule has 0 spiro atoms. The van der Waals surface area contributed by atoms with E-state index in [0.29, 0.717) is 6.61 Å². The normalized spacial score (nSPS) is 12.5. The van der Waals surface area contributed by atoms with Crippen molar-refractivity contribution >= 4 is 10.9 Å². The topological polar surface area (TPSA) is 45.2 Å². The third-order valence-electron chi connectivity index (χ3n) is 3.41. The van der Waals surface area contributed by atoms with Gasteiger partial charge < -0.3 is 14.8 Å². The number of aliphatic hydroxyl groups is 1. The largest absolute Gasteiger partial charge is 0.494 e. The smallest absolute Gasteiger partial charge is 0.119 e. The quantitative estimate of drug-likeness (QED) is 0.758. The predicted octanol–water partition coefficient (Wildman–Crippen LogP) is 3.65. The Morgan fingerprint density at radius 1 is 1.15 bits per heavy atom. The molecule has 1 unspecified atom stereocenters. The van der Waals surface area contributed by atoms with Crippen molar-refractivity contribution in [1.82, 2.24) is 4.98 Å². The maximum Gasteiger partial charge on any atom is 0.119 e. The standard InChI is InChI=1S/C17H17NO2/c1-2-20-13-6-3-5-12(11-13)17(19)15-7-4-8-16-14(15)9-10-18-16/h3-11,17-19H,2H2,1H3. The molecule has 1 atom stereocenters. The van der Waals surface area contributed by atoms with Crippen molar-refractivity contribution in [3.05, 3.63) is 65.9 Å². The van der Waals surface area contributed by atoms with Crippen LogP contribution in [0, 0.1) is 0 Å². The van der Waals surface area contributed by atoms with Gasteiger partial charge in [-0.05, 0) is 42.3 Å². The SMILES string of the molecule is CCOc1cccc(C(O)c2cccc3[nH]ccc23)c1. The van der Waals surface area contributed by atoms with E-state index in [1.54, 1.807) is 0 Å². The lowest BCUT2D eigenvalue weighted by atomic mass is 9.98. The van der Waals surface area contributed by atoms with Crippen LogP contribution in [0.5, 0.6) is 5.75 Å². The van der Waals surface area contributed by atoms with E-state index in [1.165, 1.54) is 0 Å². The zero-order chi connectivity index (χ0) is 13.9. The lowest BCUT2D eigenvalue weighted by Crippen LogP contribution is -2.01. The summed E-state index contributed by atoms with van der Waals surface area (Å²) in [6.45, 7) is 2.57. The van der Waals surface area contributed by atoms with E-state index in [0.717, 1.165) is 27.8 Å². The highest BCUT2D eigenvalue weighted by Crippen LogP contribution is 2.30. The monoisotopic (exact) mass is 267 g/mol. The van der Waals surface area contributed by atoms with Crippen molar-refractivity contribution in [1.29, 1.82) is 0 Å². The fourth-order valence-electron chi connectivity index (χ4n) is 2.47. The summed E-state index contributed by atoms with van der Waals surface area (Å²) in [5.74, 6) is 0.783. The third-order valence-corrected chi connectivity index (χ3v) is 3.41. The molecule has 3 aromatic rings. The number of H-pyrrole nitrogens is 1. The minimum absolute atomic E-state index is 0.618. The zero-order valence-corrected chi connectivity index (χ0v) is 11.3. The van der Waals surface area contributed by atoms with Crippen LogP contribution in [-0.4, -0.2) is 16.7 Å². The molecule has 2 N–H and O–H groups in total. The first-order chi connectivity index (χ1) is 9.79. The minimum Gasteiger partial charge on any atom is -0.494 e. The summed E-state index contributed by atoms with van der Waals surface area (Å²) in [5.41, 5.74) is 2.77. The number of rotatable bonds is 4. The molecule has 2 aromatic carbocycles. The number of aromatic nitrogens is 1. The summed E-state index contributed by atoms with van der Waals surface area (Å²) in [5, 5.41) is 11.7. The number of hydrogen-bond donors (Lipinski definition) is 2. The van der Waals surface area contributed by atoms with Crippen molar-refractivity contribution in [3.63, 3.8) is 0 Å². The summed E-state index contributed by atoms with van der Waals surface area (Å²) in [6.07, 6.45) is 1.23. The Labute approximate surface area is 117 Å². The Balaban J connectivity index is 2.01. The van der Waals surface area contributed by atoms with Gasteiger partial charge >= 0.3 is 0 Å². The molecule has 3 rings (SSSR count). The van der Waals surface area contributed by atoms with E-state index >= 15 is 0 Å². The lowest BCUT2D eigenvalue weighted by molar-refractivity contribution is 0.221. The number of benzene rings is 2. The average Bonchev–Trinajstić information content (AvgIpc) is 2.95. The average molecular weight is 267 g/mol. The molecule has 102 valence electrons. The second kappa shape index (κ2) is 5.39. The van der Waals surface area contributed by atoms with E-state index in [4.69, 9.17) is 4.74 Å². The maximum atomic E-state index is 10.6. The van der Waals surface area contributed by atoms with Crippen LogP contribution in [0.4, 0.5) is 0 Å². The van der Waals surface area contributed by atoms with Crippen molar-refractivity contribution in [2.45, 2.75) is 13.0 Å². The molecule has 0 fully saturated rings. The number of hydrogen-bond acceptors (Lipinski definition) is 2. The van der Waals surface area contributed by atoms with Gasteiger partial charge in [0, 0.05) is 17.1 Å². The first-order valence-corrected chi connectivity index (χ1v) is 6.76. The van der Waals surface area contributed by atoms with Gasteiger partial charge in [0.1, 0.15) is 11.9 Å². The van der Waals surface area contributed by atoms with Gasteiger partial charge in [0.2, 0.25) is 0 Å². The Morgan fingerprint density at radius 3 is 2.85 bits per heavy atom. The molecule has 0 bridgehead atoms. The maximum absolute atomic E-state index is 10.6. The van der Waals surface area contributed by atoms with E-state index in [2.05, 4.69) is 4.98 Å². The molecule has 0 saturated carbocycles. The van der Waals surface area contributed by atoms with Crippen LogP contribution in [0.3, 0.4) is 0 Å². The highest BCUT2D eigenvalue weighted by Gasteiger charge is 2.14. The van der Waals surface area contributed by atoms with Gasteiger partial charge in [-0.3, -0.25) is 0 Å². The predicted molar refractivity (Wildman–Crippen MR) is 80.0 cm³/mol. The number of ether oxygens (including phenoxy) is 1. The Morgan fingerprint density at radius 2 is 2.00 bits per heavy atom. The van der Waals surface area contributed by atoms with Gasteiger partial charge in [-0.15, -0.1) is 0 Å². The van der Waals surface area contributed by atoms with Crippen LogP contribution in [-0.2, 0) is 0 Å². The van der Waals surface area contributed by atoms with Gasteiger partial charge in [-0.1, -0.05) is 24.3 Å². The number of nitrogens with one attached hydrogen (secondary N) is 1. The zero-order valence-electron chi connectivity index (χ0n) is 11.3. The van der Waals surface area contributed by atoms with Gasteiger partial charge in [-0.25, -0.2) is 0 Å². The summed E-state index contributed by atoms with van der Waals surface area (Å²) in [4.78, 5) is 3.16. The Hall–Kier alpha value is -2.26. The fraction of sp³-hybridized carbons (Fsp3) is 0.176. The molecule has 0 aliphatic rings. The first kappa shape index (κ1) is 12.8. The number of fused-ring (bicyclic) bond motifs is 1. The second-order valence-electron chi connectivity index (χ2n) is 4.69. The van der Waals surface area contributed by atoms with Crippen molar-refractivity contribution in [3.8, 4) is 5.75 Å². The minimum atomic E-state index is -0.657. The summed E-state index contributed by atoms with van der Waals surface area (Å²) in [7, 11) is 0. The molecule has 0 saturated heterocycles. The van der Waals surface area contributed by atoms with E-state index in [1.807, 2.05) is 61.7 Å².